The van der Waals surface area contributed by atoms with E-state index in [2.05, 4.69) is 17.4 Å². The molecular weight excluding hydrogens is 246 g/mol. The second-order valence-electron chi connectivity index (χ2n) is 5.13. The van der Waals surface area contributed by atoms with E-state index in [0.29, 0.717) is 12.0 Å². The second-order valence-corrected chi connectivity index (χ2v) is 5.56. The number of nitrogens with one attached hydrogen (secondary N) is 1. The van der Waals surface area contributed by atoms with Crippen molar-refractivity contribution in [3.63, 3.8) is 0 Å². The van der Waals surface area contributed by atoms with Crippen LogP contribution in [0.4, 0.5) is 0 Å². The Kier molecular flexibility index (Phi) is 5.48. The summed E-state index contributed by atoms with van der Waals surface area (Å²) in [6, 6.07) is 8.19. The summed E-state index contributed by atoms with van der Waals surface area (Å²) in [5, 5.41) is 4.10. The zero-order valence-corrected chi connectivity index (χ0v) is 11.7. The quantitative estimate of drug-likeness (QED) is 0.854. The van der Waals surface area contributed by atoms with Crippen LogP contribution in [0.15, 0.2) is 24.3 Å². The van der Waals surface area contributed by atoms with Crippen LogP contribution in [0.2, 0.25) is 5.02 Å². The molecule has 100 valence electrons. The Balaban J connectivity index is 1.90. The minimum Gasteiger partial charge on any atom is -0.378 e. The predicted octanol–water partition coefficient (Wildman–Crippen LogP) is 3.29. The number of hydrogen-bond acceptors (Lipinski definition) is 2. The van der Waals surface area contributed by atoms with E-state index in [-0.39, 0.29) is 0 Å². The molecule has 0 radical (unpaired) electrons. The Labute approximate surface area is 115 Å². The molecule has 2 nitrogen and oxygen atoms in total. The molecule has 18 heavy (non-hydrogen) atoms. The van der Waals surface area contributed by atoms with Gasteiger partial charge in [-0.3, -0.25) is 0 Å². The third-order valence-electron chi connectivity index (χ3n) is 3.55. The van der Waals surface area contributed by atoms with Crippen LogP contribution in [0.1, 0.15) is 24.8 Å². The van der Waals surface area contributed by atoms with Crippen LogP contribution in [0.25, 0.3) is 0 Å². The van der Waals surface area contributed by atoms with Crippen molar-refractivity contribution in [3.05, 3.63) is 34.9 Å². The fourth-order valence-corrected chi connectivity index (χ4v) is 2.81. The molecule has 0 amide bonds. The molecule has 2 unspecified atom stereocenters. The van der Waals surface area contributed by atoms with E-state index in [1.165, 1.54) is 18.4 Å². The summed E-state index contributed by atoms with van der Waals surface area (Å²) in [6.45, 7) is 1.99. The first-order valence-electron chi connectivity index (χ1n) is 6.78. The van der Waals surface area contributed by atoms with Gasteiger partial charge in [-0.25, -0.2) is 0 Å². The summed E-state index contributed by atoms with van der Waals surface area (Å²) >= 11 is 5.91. The fraction of sp³-hybridized carbons (Fsp3) is 0.600. The maximum absolute atomic E-state index is 5.91. The first kappa shape index (κ1) is 13.9. The van der Waals surface area contributed by atoms with Crippen molar-refractivity contribution in [3.8, 4) is 0 Å². The molecule has 0 aliphatic carbocycles. The van der Waals surface area contributed by atoms with E-state index >= 15 is 0 Å². The van der Waals surface area contributed by atoms with Gasteiger partial charge in [0.25, 0.3) is 0 Å². The molecule has 1 aliphatic rings. The Morgan fingerprint density at radius 1 is 1.39 bits per heavy atom. The molecule has 1 aliphatic heterocycles. The maximum atomic E-state index is 5.91. The summed E-state index contributed by atoms with van der Waals surface area (Å²) in [4.78, 5) is 0. The highest BCUT2D eigenvalue weighted by Gasteiger charge is 2.20. The zero-order valence-electron chi connectivity index (χ0n) is 11.0. The van der Waals surface area contributed by atoms with E-state index in [4.69, 9.17) is 16.3 Å². The standard InChI is InChI=1S/C15H22ClNO/c1-17-11-13(10-15-3-2-8-18-15)9-12-4-6-14(16)7-5-12/h4-7,13,15,17H,2-3,8-11H2,1H3. The molecular formula is C15H22ClNO. The number of ether oxygens (including phenoxy) is 1. The molecule has 2 rings (SSSR count). The van der Waals surface area contributed by atoms with Crippen molar-refractivity contribution < 1.29 is 4.74 Å². The van der Waals surface area contributed by atoms with Crippen LogP contribution in [0.5, 0.6) is 0 Å². The largest absolute Gasteiger partial charge is 0.378 e. The first-order valence-corrected chi connectivity index (χ1v) is 7.16. The summed E-state index contributed by atoms with van der Waals surface area (Å²) in [5.41, 5.74) is 1.36. The van der Waals surface area contributed by atoms with Crippen molar-refractivity contribution in [2.75, 3.05) is 20.2 Å². The fourth-order valence-electron chi connectivity index (χ4n) is 2.68. The molecule has 1 heterocycles. The van der Waals surface area contributed by atoms with Gasteiger partial charge in [-0.1, -0.05) is 23.7 Å². The average Bonchev–Trinajstić information content (AvgIpc) is 2.85. The molecule has 2 atom stereocenters. The van der Waals surface area contributed by atoms with Gasteiger partial charge in [0.1, 0.15) is 0 Å². The Morgan fingerprint density at radius 3 is 2.78 bits per heavy atom. The molecule has 0 spiro atoms. The number of benzene rings is 1. The van der Waals surface area contributed by atoms with Gasteiger partial charge in [0.2, 0.25) is 0 Å². The number of halogens is 1. The van der Waals surface area contributed by atoms with Crippen LogP contribution in [0.3, 0.4) is 0 Å². The highest BCUT2D eigenvalue weighted by atomic mass is 35.5. The van der Waals surface area contributed by atoms with Gasteiger partial charge >= 0.3 is 0 Å². The van der Waals surface area contributed by atoms with Crippen molar-refractivity contribution >= 4 is 11.6 Å². The van der Waals surface area contributed by atoms with E-state index in [1.54, 1.807) is 0 Å². The third-order valence-corrected chi connectivity index (χ3v) is 3.80. The van der Waals surface area contributed by atoms with Gasteiger partial charge in [-0.15, -0.1) is 0 Å². The SMILES string of the molecule is CNCC(Cc1ccc(Cl)cc1)CC1CCCO1. The summed E-state index contributed by atoms with van der Waals surface area (Å²) in [7, 11) is 2.02. The monoisotopic (exact) mass is 267 g/mol. The lowest BCUT2D eigenvalue weighted by Gasteiger charge is -2.20. The van der Waals surface area contributed by atoms with Crippen molar-refractivity contribution in [1.29, 1.82) is 0 Å². The second kappa shape index (κ2) is 7.13. The predicted molar refractivity (Wildman–Crippen MR) is 76.2 cm³/mol. The summed E-state index contributed by atoms with van der Waals surface area (Å²) in [5.74, 6) is 0.638. The third kappa shape index (κ3) is 4.27. The van der Waals surface area contributed by atoms with E-state index in [1.807, 2.05) is 19.2 Å². The van der Waals surface area contributed by atoms with Gasteiger partial charge in [0, 0.05) is 11.6 Å². The zero-order chi connectivity index (χ0) is 12.8. The van der Waals surface area contributed by atoms with Crippen LogP contribution in [-0.2, 0) is 11.2 Å². The minimum absolute atomic E-state index is 0.468. The Bertz CT molecular complexity index is 346. The van der Waals surface area contributed by atoms with Crippen LogP contribution < -0.4 is 5.32 Å². The van der Waals surface area contributed by atoms with Crippen LogP contribution in [0, 0.1) is 5.92 Å². The highest BCUT2D eigenvalue weighted by Crippen LogP contribution is 2.22. The molecule has 1 fully saturated rings. The summed E-state index contributed by atoms with van der Waals surface area (Å²) < 4.78 is 5.74. The maximum Gasteiger partial charge on any atom is 0.0579 e. The molecule has 0 saturated carbocycles. The lowest BCUT2D eigenvalue weighted by molar-refractivity contribution is 0.0895. The highest BCUT2D eigenvalue weighted by molar-refractivity contribution is 6.30. The summed E-state index contributed by atoms with van der Waals surface area (Å²) in [6.07, 6.45) is 5.16. The molecule has 1 N–H and O–H groups in total. The van der Waals surface area contributed by atoms with Gasteiger partial charge in [0.15, 0.2) is 0 Å². The smallest absolute Gasteiger partial charge is 0.0579 e. The van der Waals surface area contributed by atoms with Gasteiger partial charge in [-0.2, -0.15) is 0 Å². The minimum atomic E-state index is 0.468. The van der Waals surface area contributed by atoms with Crippen molar-refractivity contribution in [1.82, 2.24) is 5.32 Å². The number of rotatable bonds is 6. The van der Waals surface area contributed by atoms with Gasteiger partial charge < -0.3 is 10.1 Å². The van der Waals surface area contributed by atoms with Crippen molar-refractivity contribution in [2.24, 2.45) is 5.92 Å². The molecule has 0 aromatic heterocycles. The molecule has 1 aromatic rings. The van der Waals surface area contributed by atoms with Crippen LogP contribution in [-0.4, -0.2) is 26.3 Å². The first-order chi connectivity index (χ1) is 8.78. The lowest BCUT2D eigenvalue weighted by Crippen LogP contribution is -2.25. The molecule has 1 saturated heterocycles. The van der Waals surface area contributed by atoms with Crippen molar-refractivity contribution in [2.45, 2.75) is 31.8 Å². The normalized spacial score (nSPS) is 21.1. The van der Waals surface area contributed by atoms with Crippen LogP contribution >= 0.6 is 11.6 Å². The average molecular weight is 268 g/mol. The molecule has 0 bridgehead atoms. The van der Waals surface area contributed by atoms with E-state index < -0.39 is 0 Å². The molecule has 1 aromatic carbocycles. The van der Waals surface area contributed by atoms with E-state index in [9.17, 15) is 0 Å². The number of hydrogen-bond donors (Lipinski definition) is 1. The van der Waals surface area contributed by atoms with Gasteiger partial charge in [0.05, 0.1) is 6.10 Å². The molecule has 3 heteroatoms. The Hall–Kier alpha value is -0.570. The lowest BCUT2D eigenvalue weighted by atomic mass is 9.93. The van der Waals surface area contributed by atoms with Gasteiger partial charge in [-0.05, 0) is 62.9 Å². The topological polar surface area (TPSA) is 21.3 Å². The van der Waals surface area contributed by atoms with E-state index in [0.717, 1.165) is 31.0 Å². The Morgan fingerprint density at radius 2 is 2.17 bits per heavy atom.